The molecule has 3 aromatic rings. The van der Waals surface area contributed by atoms with Gasteiger partial charge in [0.05, 0.1) is 12.9 Å². The number of H-pyrrole nitrogens is 2. The standard InChI is InChI=1S/C13H10N4O3/c18-9(8-4-2-1-3-5-8)6-17-7-14-10-11(17)15-13(20)16-12(10)19/h1-5,7H,6H2,(H2,15,16,19,20). The average molecular weight is 270 g/mol. The van der Waals surface area contributed by atoms with E-state index in [0.29, 0.717) is 5.56 Å². The van der Waals surface area contributed by atoms with Crippen molar-refractivity contribution in [2.24, 2.45) is 0 Å². The lowest BCUT2D eigenvalue weighted by Gasteiger charge is -2.03. The lowest BCUT2D eigenvalue weighted by Crippen LogP contribution is -2.23. The molecule has 0 aliphatic rings. The van der Waals surface area contributed by atoms with Crippen molar-refractivity contribution in [3.05, 3.63) is 63.1 Å². The van der Waals surface area contributed by atoms with E-state index in [4.69, 9.17) is 0 Å². The van der Waals surface area contributed by atoms with Crippen molar-refractivity contribution in [3.8, 4) is 0 Å². The summed E-state index contributed by atoms with van der Waals surface area (Å²) >= 11 is 0. The van der Waals surface area contributed by atoms with Crippen LogP contribution in [0.4, 0.5) is 0 Å². The number of aromatic amines is 2. The van der Waals surface area contributed by atoms with Crippen LogP contribution in [0.2, 0.25) is 0 Å². The van der Waals surface area contributed by atoms with E-state index in [9.17, 15) is 14.4 Å². The zero-order chi connectivity index (χ0) is 14.1. The molecule has 3 rings (SSSR count). The summed E-state index contributed by atoms with van der Waals surface area (Å²) in [5.74, 6) is -0.133. The normalized spacial score (nSPS) is 10.8. The quantitative estimate of drug-likeness (QED) is 0.668. The number of imidazole rings is 1. The molecule has 0 spiro atoms. The van der Waals surface area contributed by atoms with Crippen LogP contribution in [-0.4, -0.2) is 25.3 Å². The van der Waals surface area contributed by atoms with E-state index in [1.54, 1.807) is 24.3 Å². The van der Waals surface area contributed by atoms with Gasteiger partial charge in [0.15, 0.2) is 11.3 Å². The number of fused-ring (bicyclic) bond motifs is 1. The summed E-state index contributed by atoms with van der Waals surface area (Å²) in [5, 5.41) is 0. The fourth-order valence-corrected chi connectivity index (χ4v) is 1.97. The van der Waals surface area contributed by atoms with Crippen molar-refractivity contribution in [3.63, 3.8) is 0 Å². The van der Waals surface area contributed by atoms with Gasteiger partial charge in [-0.05, 0) is 0 Å². The highest BCUT2D eigenvalue weighted by Gasteiger charge is 2.11. The largest absolute Gasteiger partial charge is 0.327 e. The van der Waals surface area contributed by atoms with Crippen molar-refractivity contribution in [1.82, 2.24) is 19.5 Å². The Labute approximate surface area is 111 Å². The Morgan fingerprint density at radius 3 is 2.65 bits per heavy atom. The number of rotatable bonds is 3. The number of benzene rings is 1. The van der Waals surface area contributed by atoms with E-state index >= 15 is 0 Å². The average Bonchev–Trinajstić information content (AvgIpc) is 2.83. The van der Waals surface area contributed by atoms with E-state index < -0.39 is 11.2 Å². The predicted molar refractivity (Wildman–Crippen MR) is 71.7 cm³/mol. The van der Waals surface area contributed by atoms with Crippen LogP contribution < -0.4 is 11.2 Å². The molecule has 0 bridgehead atoms. The van der Waals surface area contributed by atoms with Gasteiger partial charge in [-0.15, -0.1) is 0 Å². The van der Waals surface area contributed by atoms with E-state index in [1.807, 2.05) is 6.07 Å². The van der Waals surface area contributed by atoms with Crippen LogP contribution in [0.25, 0.3) is 11.2 Å². The van der Waals surface area contributed by atoms with Crippen LogP contribution in [0, 0.1) is 0 Å². The number of hydrogen-bond donors (Lipinski definition) is 2. The van der Waals surface area contributed by atoms with Crippen LogP contribution in [-0.2, 0) is 6.54 Å². The third-order valence-corrected chi connectivity index (χ3v) is 2.92. The minimum atomic E-state index is -0.628. The van der Waals surface area contributed by atoms with Gasteiger partial charge in [-0.2, -0.15) is 0 Å². The molecule has 0 amide bonds. The highest BCUT2D eigenvalue weighted by Crippen LogP contribution is 2.06. The number of hydrogen-bond acceptors (Lipinski definition) is 4. The monoisotopic (exact) mass is 270 g/mol. The van der Waals surface area contributed by atoms with Crippen LogP contribution in [0.15, 0.2) is 46.2 Å². The molecular weight excluding hydrogens is 260 g/mol. The number of ketones is 1. The van der Waals surface area contributed by atoms with E-state index in [2.05, 4.69) is 15.0 Å². The van der Waals surface area contributed by atoms with Gasteiger partial charge in [-0.25, -0.2) is 9.78 Å². The second kappa shape index (κ2) is 4.61. The van der Waals surface area contributed by atoms with Gasteiger partial charge in [-0.1, -0.05) is 30.3 Å². The topological polar surface area (TPSA) is 101 Å². The van der Waals surface area contributed by atoms with Gasteiger partial charge in [0, 0.05) is 5.56 Å². The van der Waals surface area contributed by atoms with Gasteiger partial charge in [-0.3, -0.25) is 19.6 Å². The molecule has 20 heavy (non-hydrogen) atoms. The Bertz CT molecular complexity index is 889. The zero-order valence-corrected chi connectivity index (χ0v) is 10.3. The smallest absolute Gasteiger partial charge is 0.309 e. The summed E-state index contributed by atoms with van der Waals surface area (Å²) < 4.78 is 1.45. The molecule has 0 radical (unpaired) electrons. The van der Waals surface area contributed by atoms with Gasteiger partial charge in [0.1, 0.15) is 5.65 Å². The highest BCUT2D eigenvalue weighted by molar-refractivity contribution is 5.96. The summed E-state index contributed by atoms with van der Waals surface area (Å²) in [6.07, 6.45) is 1.36. The molecule has 0 aliphatic heterocycles. The van der Waals surface area contributed by atoms with Gasteiger partial charge in [0.25, 0.3) is 5.56 Å². The number of nitrogens with zero attached hydrogens (tertiary/aromatic N) is 2. The molecule has 7 heteroatoms. The molecule has 2 heterocycles. The predicted octanol–water partition coefficient (Wildman–Crippen LogP) is 0.296. The van der Waals surface area contributed by atoms with Crippen LogP contribution in [0.1, 0.15) is 10.4 Å². The Hall–Kier alpha value is -2.96. The fourth-order valence-electron chi connectivity index (χ4n) is 1.97. The molecule has 2 N–H and O–H groups in total. The van der Waals surface area contributed by atoms with Crippen molar-refractivity contribution in [1.29, 1.82) is 0 Å². The number of carbonyl (C=O) groups excluding carboxylic acids is 1. The third-order valence-electron chi connectivity index (χ3n) is 2.92. The lowest BCUT2D eigenvalue weighted by molar-refractivity contribution is 0.0973. The van der Waals surface area contributed by atoms with Gasteiger partial charge < -0.3 is 4.57 Å². The van der Waals surface area contributed by atoms with E-state index in [0.717, 1.165) is 0 Å². The Kier molecular flexibility index (Phi) is 2.79. The van der Waals surface area contributed by atoms with Crippen LogP contribution >= 0.6 is 0 Å². The molecule has 2 aromatic heterocycles. The zero-order valence-electron chi connectivity index (χ0n) is 10.3. The lowest BCUT2D eigenvalue weighted by atomic mass is 10.1. The van der Waals surface area contributed by atoms with Gasteiger partial charge in [0.2, 0.25) is 0 Å². The van der Waals surface area contributed by atoms with Crippen molar-refractivity contribution in [2.75, 3.05) is 0 Å². The Morgan fingerprint density at radius 2 is 1.90 bits per heavy atom. The number of Topliss-reactive ketones (excluding diaryl/α,β-unsaturated/α-hetero) is 1. The Morgan fingerprint density at radius 1 is 1.15 bits per heavy atom. The first kappa shape index (κ1) is 12.1. The first-order valence-corrected chi connectivity index (χ1v) is 5.91. The molecule has 1 aromatic carbocycles. The number of aromatic nitrogens is 4. The van der Waals surface area contributed by atoms with Crippen LogP contribution in [0.3, 0.4) is 0 Å². The van der Waals surface area contributed by atoms with Crippen molar-refractivity contribution < 1.29 is 4.79 Å². The first-order chi connectivity index (χ1) is 9.65. The maximum Gasteiger partial charge on any atom is 0.327 e. The minimum absolute atomic E-state index is 0.0000926. The highest BCUT2D eigenvalue weighted by atomic mass is 16.2. The molecule has 7 nitrogen and oxygen atoms in total. The van der Waals surface area contributed by atoms with Crippen molar-refractivity contribution in [2.45, 2.75) is 6.54 Å². The molecule has 0 fully saturated rings. The number of carbonyl (C=O) groups is 1. The summed E-state index contributed by atoms with van der Waals surface area (Å²) in [4.78, 5) is 43.4. The second-order valence-electron chi connectivity index (χ2n) is 4.27. The third kappa shape index (κ3) is 2.05. The van der Waals surface area contributed by atoms with E-state index in [-0.39, 0.29) is 23.5 Å². The van der Waals surface area contributed by atoms with Gasteiger partial charge >= 0.3 is 5.69 Å². The fraction of sp³-hybridized carbons (Fsp3) is 0.0769. The SMILES string of the molecule is O=C(Cn1cnc2c(=O)[nH]c(=O)[nH]c21)c1ccccc1. The molecule has 0 unspecified atom stereocenters. The number of nitrogens with one attached hydrogen (secondary N) is 2. The van der Waals surface area contributed by atoms with Crippen molar-refractivity contribution >= 4 is 16.9 Å². The molecule has 0 aliphatic carbocycles. The summed E-state index contributed by atoms with van der Waals surface area (Å²) in [7, 11) is 0. The Balaban J connectivity index is 2.02. The molecule has 0 saturated carbocycles. The summed E-state index contributed by atoms with van der Waals surface area (Å²) in [5.41, 5.74) is -0.305. The van der Waals surface area contributed by atoms with Crippen LogP contribution in [0.5, 0.6) is 0 Å². The maximum atomic E-state index is 12.1. The molecule has 0 saturated heterocycles. The minimum Gasteiger partial charge on any atom is -0.309 e. The molecule has 0 atom stereocenters. The first-order valence-electron chi connectivity index (χ1n) is 5.91. The molecule has 100 valence electrons. The maximum absolute atomic E-state index is 12.1. The summed E-state index contributed by atoms with van der Waals surface area (Å²) in [6.45, 7) is -0.0000926. The van der Waals surface area contributed by atoms with E-state index in [1.165, 1.54) is 10.9 Å². The summed E-state index contributed by atoms with van der Waals surface area (Å²) in [6, 6.07) is 8.77. The second-order valence-corrected chi connectivity index (χ2v) is 4.27. The molecular formula is C13H10N4O3.